The number of nitrogens with one attached hydrogen (secondary N) is 1. The van der Waals surface area contributed by atoms with Gasteiger partial charge in [0.15, 0.2) is 0 Å². The van der Waals surface area contributed by atoms with Gasteiger partial charge in [-0.3, -0.25) is 9.89 Å². The van der Waals surface area contributed by atoms with E-state index in [0.717, 1.165) is 13.0 Å². The fraction of sp³-hybridized carbons (Fsp3) is 0.636. The first-order chi connectivity index (χ1) is 7.50. The van der Waals surface area contributed by atoms with Crippen molar-refractivity contribution in [2.75, 3.05) is 13.1 Å². The minimum atomic E-state index is -0.0199. The predicted octanol–water partition coefficient (Wildman–Crippen LogP) is 0.609. The molecule has 16 heavy (non-hydrogen) atoms. The van der Waals surface area contributed by atoms with E-state index in [0.29, 0.717) is 12.2 Å². The molecule has 1 atom stereocenters. The number of rotatable bonds is 1. The van der Waals surface area contributed by atoms with Crippen molar-refractivity contribution in [3.05, 3.63) is 18.0 Å². The molecule has 2 heterocycles. The van der Waals surface area contributed by atoms with Gasteiger partial charge in [0, 0.05) is 25.3 Å². The Balaban J connectivity index is 2.10. The van der Waals surface area contributed by atoms with Crippen LogP contribution in [-0.4, -0.2) is 40.1 Å². The van der Waals surface area contributed by atoms with Crippen molar-refractivity contribution in [1.82, 2.24) is 15.1 Å². The average Bonchev–Trinajstić information content (AvgIpc) is 2.74. The predicted molar refractivity (Wildman–Crippen MR) is 60.9 cm³/mol. The second-order valence-corrected chi connectivity index (χ2v) is 5.08. The smallest absolute Gasteiger partial charge is 0.271 e. The molecule has 0 bridgehead atoms. The maximum absolute atomic E-state index is 12.1. The first-order valence-corrected chi connectivity index (χ1v) is 5.55. The Bertz CT molecular complexity index is 371. The van der Waals surface area contributed by atoms with Gasteiger partial charge in [-0.05, 0) is 17.9 Å². The molecule has 1 fully saturated rings. The lowest BCUT2D eigenvalue weighted by Crippen LogP contribution is -2.54. The third-order valence-electron chi connectivity index (χ3n) is 3.33. The van der Waals surface area contributed by atoms with Gasteiger partial charge in [0.25, 0.3) is 5.91 Å². The largest absolute Gasteiger partial charge is 0.337 e. The number of likely N-dealkylation sites (tertiary alicyclic amines) is 1. The Kier molecular flexibility index (Phi) is 2.71. The zero-order valence-corrected chi connectivity index (χ0v) is 9.73. The number of H-pyrrole nitrogens is 1. The molecule has 1 aliphatic rings. The van der Waals surface area contributed by atoms with E-state index in [-0.39, 0.29) is 17.4 Å². The molecule has 3 N–H and O–H groups in total. The molecule has 1 aromatic heterocycles. The number of nitrogens with zero attached hydrogens (tertiary/aromatic N) is 2. The van der Waals surface area contributed by atoms with E-state index in [9.17, 15) is 4.79 Å². The summed E-state index contributed by atoms with van der Waals surface area (Å²) in [5, 5.41) is 6.49. The van der Waals surface area contributed by atoms with Crippen molar-refractivity contribution in [1.29, 1.82) is 0 Å². The molecule has 0 aliphatic carbocycles. The fourth-order valence-electron chi connectivity index (χ4n) is 2.09. The molecule has 0 saturated carbocycles. The van der Waals surface area contributed by atoms with Gasteiger partial charge in [-0.15, -0.1) is 0 Å². The summed E-state index contributed by atoms with van der Waals surface area (Å²) in [6.07, 6.45) is 2.45. The fourth-order valence-corrected chi connectivity index (χ4v) is 2.09. The first-order valence-electron chi connectivity index (χ1n) is 5.55. The normalized spacial score (nSPS) is 24.4. The summed E-state index contributed by atoms with van der Waals surface area (Å²) in [5.41, 5.74) is 6.56. The molecule has 5 nitrogen and oxygen atoms in total. The van der Waals surface area contributed by atoms with Crippen LogP contribution in [-0.2, 0) is 0 Å². The van der Waals surface area contributed by atoms with E-state index in [4.69, 9.17) is 5.73 Å². The Morgan fingerprint density at radius 1 is 1.69 bits per heavy atom. The zero-order chi connectivity index (χ0) is 11.8. The average molecular weight is 222 g/mol. The van der Waals surface area contributed by atoms with Gasteiger partial charge >= 0.3 is 0 Å². The molecule has 1 amide bonds. The molecule has 0 spiro atoms. The van der Waals surface area contributed by atoms with Gasteiger partial charge < -0.3 is 10.6 Å². The second kappa shape index (κ2) is 3.90. The third-order valence-corrected chi connectivity index (χ3v) is 3.33. The summed E-state index contributed by atoms with van der Waals surface area (Å²) < 4.78 is 0. The molecule has 88 valence electrons. The number of hydrogen-bond acceptors (Lipinski definition) is 3. The summed E-state index contributed by atoms with van der Waals surface area (Å²) in [6, 6.07) is 1.86. The van der Waals surface area contributed by atoms with Crippen molar-refractivity contribution < 1.29 is 4.79 Å². The monoisotopic (exact) mass is 222 g/mol. The highest BCUT2D eigenvalue weighted by atomic mass is 16.2. The summed E-state index contributed by atoms with van der Waals surface area (Å²) in [7, 11) is 0. The van der Waals surface area contributed by atoms with Crippen molar-refractivity contribution in [2.45, 2.75) is 26.3 Å². The lowest BCUT2D eigenvalue weighted by atomic mass is 9.79. The van der Waals surface area contributed by atoms with E-state index >= 15 is 0 Å². The Morgan fingerprint density at radius 3 is 3.00 bits per heavy atom. The van der Waals surface area contributed by atoms with Gasteiger partial charge in [-0.2, -0.15) is 5.10 Å². The van der Waals surface area contributed by atoms with Gasteiger partial charge in [-0.25, -0.2) is 0 Å². The zero-order valence-electron chi connectivity index (χ0n) is 9.73. The highest BCUT2D eigenvalue weighted by molar-refractivity contribution is 5.92. The topological polar surface area (TPSA) is 75.0 Å². The first kappa shape index (κ1) is 11.1. The van der Waals surface area contributed by atoms with E-state index in [1.54, 1.807) is 12.3 Å². The molecule has 5 heteroatoms. The molecular weight excluding hydrogens is 204 g/mol. The van der Waals surface area contributed by atoms with E-state index in [1.165, 1.54) is 0 Å². The Labute approximate surface area is 95.0 Å². The van der Waals surface area contributed by atoms with Crippen LogP contribution in [0, 0.1) is 5.41 Å². The van der Waals surface area contributed by atoms with E-state index in [2.05, 4.69) is 24.0 Å². The van der Waals surface area contributed by atoms with Gasteiger partial charge in [0.05, 0.1) is 0 Å². The van der Waals surface area contributed by atoms with E-state index < -0.39 is 0 Å². The SMILES string of the molecule is CC1(C)CN(C(=O)c2ccn[nH]2)CCC1N. The standard InChI is InChI=1S/C11H18N4O/c1-11(2)7-15(6-4-9(11)12)10(16)8-3-5-13-14-8/h3,5,9H,4,6-7,12H2,1-2H3,(H,13,14). The summed E-state index contributed by atoms with van der Waals surface area (Å²) >= 11 is 0. The number of hydrogen-bond donors (Lipinski definition) is 2. The van der Waals surface area contributed by atoms with Crippen LogP contribution < -0.4 is 5.73 Å². The number of aromatic nitrogens is 2. The van der Waals surface area contributed by atoms with Crippen LogP contribution in [0.2, 0.25) is 0 Å². The Morgan fingerprint density at radius 2 is 2.44 bits per heavy atom. The van der Waals surface area contributed by atoms with Crippen LogP contribution >= 0.6 is 0 Å². The molecule has 1 saturated heterocycles. The van der Waals surface area contributed by atoms with Gasteiger partial charge in [0.1, 0.15) is 5.69 Å². The van der Waals surface area contributed by atoms with Crippen molar-refractivity contribution in [2.24, 2.45) is 11.1 Å². The number of carbonyl (C=O) groups is 1. The van der Waals surface area contributed by atoms with Crippen LogP contribution in [0.15, 0.2) is 12.3 Å². The van der Waals surface area contributed by atoms with Crippen LogP contribution in [0.1, 0.15) is 30.8 Å². The molecule has 1 aromatic rings. The highest BCUT2D eigenvalue weighted by Gasteiger charge is 2.35. The summed E-state index contributed by atoms with van der Waals surface area (Å²) in [6.45, 7) is 5.63. The molecule has 0 radical (unpaired) electrons. The maximum Gasteiger partial charge on any atom is 0.271 e. The lowest BCUT2D eigenvalue weighted by molar-refractivity contribution is 0.0527. The molecule has 1 unspecified atom stereocenters. The van der Waals surface area contributed by atoms with Crippen molar-refractivity contribution in [3.63, 3.8) is 0 Å². The number of nitrogens with two attached hydrogens (primary N) is 1. The van der Waals surface area contributed by atoms with Crippen LogP contribution in [0.5, 0.6) is 0 Å². The Hall–Kier alpha value is -1.36. The third kappa shape index (κ3) is 1.95. The van der Waals surface area contributed by atoms with Crippen LogP contribution in [0.25, 0.3) is 0 Å². The van der Waals surface area contributed by atoms with Crippen LogP contribution in [0.3, 0.4) is 0 Å². The molecular formula is C11H18N4O. The highest BCUT2D eigenvalue weighted by Crippen LogP contribution is 2.28. The number of amides is 1. The lowest BCUT2D eigenvalue weighted by Gasteiger charge is -2.42. The molecule has 0 aromatic carbocycles. The van der Waals surface area contributed by atoms with Gasteiger partial charge in [0.2, 0.25) is 0 Å². The van der Waals surface area contributed by atoms with Crippen molar-refractivity contribution >= 4 is 5.91 Å². The minimum Gasteiger partial charge on any atom is -0.337 e. The van der Waals surface area contributed by atoms with Crippen LogP contribution in [0.4, 0.5) is 0 Å². The van der Waals surface area contributed by atoms with Gasteiger partial charge in [-0.1, -0.05) is 13.8 Å². The summed E-state index contributed by atoms with van der Waals surface area (Å²) in [5.74, 6) is 0.0116. The van der Waals surface area contributed by atoms with Crippen molar-refractivity contribution in [3.8, 4) is 0 Å². The second-order valence-electron chi connectivity index (χ2n) is 5.08. The molecule has 1 aliphatic heterocycles. The quantitative estimate of drug-likeness (QED) is 0.731. The minimum absolute atomic E-state index is 0.0116. The molecule has 2 rings (SSSR count). The summed E-state index contributed by atoms with van der Waals surface area (Å²) in [4.78, 5) is 13.9. The van der Waals surface area contributed by atoms with E-state index in [1.807, 2.05) is 4.90 Å². The number of piperidine rings is 1. The maximum atomic E-state index is 12.1. The number of aromatic amines is 1. The number of carbonyl (C=O) groups excluding carboxylic acids is 1.